The molecule has 0 N–H and O–H groups in total. The van der Waals surface area contributed by atoms with Gasteiger partial charge in [0, 0.05) is 57.7 Å². The predicted molar refractivity (Wildman–Crippen MR) is 95.3 cm³/mol. The number of carbonyl (C=O) groups is 2. The zero-order valence-corrected chi connectivity index (χ0v) is 15.2. The molecule has 8 heteroatoms. The number of piperidine rings is 1. The molecular formula is C18H24N6O2. The molecule has 0 unspecified atom stereocenters. The fourth-order valence-corrected chi connectivity index (χ4v) is 3.41. The molecule has 0 saturated carbocycles. The van der Waals surface area contributed by atoms with Crippen molar-refractivity contribution < 1.29 is 9.59 Å². The van der Waals surface area contributed by atoms with E-state index in [1.165, 1.54) is 6.33 Å². The Morgan fingerprint density at radius 3 is 2.58 bits per heavy atom. The highest BCUT2D eigenvalue weighted by molar-refractivity contribution is 5.92. The molecule has 2 aromatic heterocycles. The van der Waals surface area contributed by atoms with Crippen LogP contribution >= 0.6 is 0 Å². The van der Waals surface area contributed by atoms with Crippen LogP contribution in [0.4, 0.5) is 0 Å². The van der Waals surface area contributed by atoms with E-state index in [2.05, 4.69) is 15.0 Å². The van der Waals surface area contributed by atoms with Gasteiger partial charge < -0.3 is 14.4 Å². The van der Waals surface area contributed by atoms with Gasteiger partial charge in [0.1, 0.15) is 17.8 Å². The average Bonchev–Trinajstić information content (AvgIpc) is 3.07. The molecule has 0 bridgehead atoms. The normalized spacial score (nSPS) is 15.1. The summed E-state index contributed by atoms with van der Waals surface area (Å²) in [6.07, 6.45) is 8.21. The molecule has 0 aliphatic carbocycles. The van der Waals surface area contributed by atoms with Gasteiger partial charge in [-0.25, -0.2) is 15.0 Å². The lowest BCUT2D eigenvalue weighted by Gasteiger charge is -2.38. The third-order valence-corrected chi connectivity index (χ3v) is 4.90. The topological polar surface area (TPSA) is 84.2 Å². The van der Waals surface area contributed by atoms with E-state index in [1.807, 2.05) is 22.6 Å². The Hall–Kier alpha value is -2.77. The highest BCUT2D eigenvalue weighted by Gasteiger charge is 2.29. The SMILES string of the molecule is CC(=O)N(CCn1ccnc1C)C1CCN(C(=O)c2ccncn2)CC1. The molecule has 1 fully saturated rings. The number of nitrogens with zero attached hydrogens (tertiary/aromatic N) is 6. The smallest absolute Gasteiger partial charge is 0.272 e. The van der Waals surface area contributed by atoms with Crippen LogP contribution in [-0.2, 0) is 11.3 Å². The average molecular weight is 356 g/mol. The van der Waals surface area contributed by atoms with Gasteiger partial charge in [-0.1, -0.05) is 0 Å². The minimum atomic E-state index is -0.0748. The second-order valence-corrected chi connectivity index (χ2v) is 6.50. The molecule has 1 saturated heterocycles. The van der Waals surface area contributed by atoms with Crippen molar-refractivity contribution in [3.63, 3.8) is 0 Å². The molecule has 1 aliphatic heterocycles. The summed E-state index contributed by atoms with van der Waals surface area (Å²) in [5.41, 5.74) is 0.414. The minimum absolute atomic E-state index is 0.0725. The number of imidazole rings is 1. The molecule has 0 spiro atoms. The minimum Gasteiger partial charge on any atom is -0.338 e. The monoisotopic (exact) mass is 356 g/mol. The van der Waals surface area contributed by atoms with Crippen LogP contribution in [0.5, 0.6) is 0 Å². The maximum absolute atomic E-state index is 12.5. The molecule has 0 aromatic carbocycles. The van der Waals surface area contributed by atoms with Crippen molar-refractivity contribution >= 4 is 11.8 Å². The van der Waals surface area contributed by atoms with Crippen LogP contribution in [0.3, 0.4) is 0 Å². The first-order valence-corrected chi connectivity index (χ1v) is 8.86. The Kier molecular flexibility index (Phi) is 5.60. The van der Waals surface area contributed by atoms with Gasteiger partial charge in [0.25, 0.3) is 5.91 Å². The first kappa shape index (κ1) is 18.0. The number of aryl methyl sites for hydroxylation is 1. The van der Waals surface area contributed by atoms with E-state index in [1.54, 1.807) is 30.3 Å². The largest absolute Gasteiger partial charge is 0.338 e. The lowest BCUT2D eigenvalue weighted by atomic mass is 10.0. The van der Waals surface area contributed by atoms with Crippen LogP contribution in [-0.4, -0.2) is 66.8 Å². The molecule has 138 valence electrons. The Morgan fingerprint density at radius 2 is 2.00 bits per heavy atom. The van der Waals surface area contributed by atoms with Crippen molar-refractivity contribution in [2.24, 2.45) is 0 Å². The van der Waals surface area contributed by atoms with Gasteiger partial charge in [-0.3, -0.25) is 9.59 Å². The maximum Gasteiger partial charge on any atom is 0.272 e. The van der Waals surface area contributed by atoms with Crippen molar-refractivity contribution in [1.82, 2.24) is 29.3 Å². The van der Waals surface area contributed by atoms with Gasteiger partial charge >= 0.3 is 0 Å². The van der Waals surface area contributed by atoms with E-state index in [0.717, 1.165) is 25.2 Å². The highest BCUT2D eigenvalue weighted by atomic mass is 16.2. The first-order valence-electron chi connectivity index (χ1n) is 8.86. The molecule has 3 heterocycles. The summed E-state index contributed by atoms with van der Waals surface area (Å²) >= 11 is 0. The van der Waals surface area contributed by atoms with Crippen molar-refractivity contribution in [2.75, 3.05) is 19.6 Å². The summed E-state index contributed by atoms with van der Waals surface area (Å²) in [5.74, 6) is 0.941. The molecule has 1 aliphatic rings. The summed E-state index contributed by atoms with van der Waals surface area (Å²) in [4.78, 5) is 40.4. The summed E-state index contributed by atoms with van der Waals surface area (Å²) < 4.78 is 2.05. The Balaban J connectivity index is 1.57. The standard InChI is InChI=1S/C18H24N6O2/c1-14-20-7-10-22(14)11-12-24(15(2)25)16-4-8-23(9-5-16)18(26)17-3-6-19-13-21-17/h3,6-7,10,13,16H,4-5,8-9,11-12H2,1-2H3. The molecule has 2 amide bonds. The summed E-state index contributed by atoms with van der Waals surface area (Å²) in [7, 11) is 0. The molecule has 3 rings (SSSR count). The summed E-state index contributed by atoms with van der Waals surface area (Å²) in [6, 6.07) is 1.79. The molecule has 0 atom stereocenters. The van der Waals surface area contributed by atoms with Crippen LogP contribution in [0.2, 0.25) is 0 Å². The molecule has 8 nitrogen and oxygen atoms in total. The molecule has 0 radical (unpaired) electrons. The second-order valence-electron chi connectivity index (χ2n) is 6.50. The fourth-order valence-electron chi connectivity index (χ4n) is 3.41. The lowest BCUT2D eigenvalue weighted by Crippen LogP contribution is -2.49. The first-order chi connectivity index (χ1) is 12.6. The van der Waals surface area contributed by atoms with Crippen LogP contribution in [0.25, 0.3) is 0 Å². The number of likely N-dealkylation sites (tertiary alicyclic amines) is 1. The van der Waals surface area contributed by atoms with Crippen molar-refractivity contribution in [1.29, 1.82) is 0 Å². The third kappa shape index (κ3) is 4.07. The van der Waals surface area contributed by atoms with Gasteiger partial charge in [0.2, 0.25) is 5.91 Å². The van der Waals surface area contributed by atoms with E-state index in [-0.39, 0.29) is 17.9 Å². The molecule has 2 aromatic rings. The Morgan fingerprint density at radius 1 is 1.23 bits per heavy atom. The van der Waals surface area contributed by atoms with Crippen molar-refractivity contribution in [3.8, 4) is 0 Å². The van der Waals surface area contributed by atoms with E-state index < -0.39 is 0 Å². The highest BCUT2D eigenvalue weighted by Crippen LogP contribution is 2.18. The molecular weight excluding hydrogens is 332 g/mol. The quantitative estimate of drug-likeness (QED) is 0.802. The third-order valence-electron chi connectivity index (χ3n) is 4.90. The van der Waals surface area contributed by atoms with E-state index in [4.69, 9.17) is 0 Å². The van der Waals surface area contributed by atoms with E-state index in [0.29, 0.717) is 25.3 Å². The maximum atomic E-state index is 12.5. The van der Waals surface area contributed by atoms with Crippen LogP contribution in [0.1, 0.15) is 36.1 Å². The fraction of sp³-hybridized carbons (Fsp3) is 0.500. The van der Waals surface area contributed by atoms with Gasteiger partial charge in [-0.2, -0.15) is 0 Å². The number of aromatic nitrogens is 4. The number of hydrogen-bond donors (Lipinski definition) is 0. The van der Waals surface area contributed by atoms with Crippen molar-refractivity contribution in [3.05, 3.63) is 42.5 Å². The van der Waals surface area contributed by atoms with Gasteiger partial charge in [-0.15, -0.1) is 0 Å². The van der Waals surface area contributed by atoms with Gasteiger partial charge in [0.15, 0.2) is 0 Å². The van der Waals surface area contributed by atoms with E-state index in [9.17, 15) is 9.59 Å². The second kappa shape index (κ2) is 8.07. The number of amides is 2. The summed E-state index contributed by atoms with van der Waals surface area (Å²) in [5, 5.41) is 0. The number of hydrogen-bond acceptors (Lipinski definition) is 5. The van der Waals surface area contributed by atoms with Crippen LogP contribution < -0.4 is 0 Å². The Labute approximate surface area is 152 Å². The van der Waals surface area contributed by atoms with Gasteiger partial charge in [0.05, 0.1) is 0 Å². The lowest BCUT2D eigenvalue weighted by molar-refractivity contribution is -0.132. The zero-order valence-electron chi connectivity index (χ0n) is 15.2. The summed E-state index contributed by atoms with van der Waals surface area (Å²) in [6.45, 7) is 6.19. The van der Waals surface area contributed by atoms with Gasteiger partial charge in [-0.05, 0) is 25.8 Å². The van der Waals surface area contributed by atoms with E-state index >= 15 is 0 Å². The number of rotatable bonds is 5. The predicted octanol–water partition coefficient (Wildman–Crippen LogP) is 1.13. The van der Waals surface area contributed by atoms with Crippen LogP contribution in [0, 0.1) is 6.92 Å². The Bertz CT molecular complexity index is 752. The number of carbonyl (C=O) groups excluding carboxylic acids is 2. The van der Waals surface area contributed by atoms with Crippen LogP contribution in [0.15, 0.2) is 31.0 Å². The molecule has 26 heavy (non-hydrogen) atoms. The zero-order chi connectivity index (χ0) is 18.5. The van der Waals surface area contributed by atoms with Crippen molar-refractivity contribution in [2.45, 2.75) is 39.3 Å².